The maximum absolute atomic E-state index is 9.09. The molecule has 0 spiro atoms. The fraction of sp³-hybridized carbons (Fsp3) is 0.231. The van der Waals surface area contributed by atoms with Gasteiger partial charge in [0.25, 0.3) is 0 Å². The summed E-state index contributed by atoms with van der Waals surface area (Å²) < 4.78 is 5.16. The molecule has 80 valence electrons. The summed E-state index contributed by atoms with van der Waals surface area (Å²) >= 11 is 0. The molecule has 0 aromatic heterocycles. The molecule has 3 nitrogen and oxygen atoms in total. The van der Waals surface area contributed by atoms with E-state index in [9.17, 15) is 0 Å². The smallest absolute Gasteiger partial charge is 0.114 e. The number of nitrogens with zero attached hydrogens (tertiary/aromatic N) is 2. The molecule has 3 heteroatoms. The summed E-state index contributed by atoms with van der Waals surface area (Å²) in [5.74, 6) is 0.659. The SMILES string of the molecule is CC/C(OC)=C(/C#N)c1ccc(C#N)cc1. The quantitative estimate of drug-likeness (QED) is 0.571. The standard InChI is InChI=1S/C13H12N2O/c1-3-13(16-2)12(9-15)11-6-4-10(8-14)5-7-11/h4-7H,3H2,1-2H3/b13-12+. The summed E-state index contributed by atoms with van der Waals surface area (Å²) in [5.41, 5.74) is 1.88. The summed E-state index contributed by atoms with van der Waals surface area (Å²) in [5, 5.41) is 17.8. The van der Waals surface area contributed by atoms with Crippen LogP contribution in [0.4, 0.5) is 0 Å². The van der Waals surface area contributed by atoms with Crippen LogP contribution in [0, 0.1) is 22.7 Å². The van der Waals surface area contributed by atoms with E-state index in [0.717, 1.165) is 5.56 Å². The second-order valence-corrected chi connectivity index (χ2v) is 3.16. The molecule has 0 bridgehead atoms. The normalized spacial score (nSPS) is 11.0. The predicted molar refractivity (Wildman–Crippen MR) is 61.0 cm³/mol. The van der Waals surface area contributed by atoms with Gasteiger partial charge in [0.15, 0.2) is 0 Å². The second kappa shape index (κ2) is 5.58. The fourth-order valence-corrected chi connectivity index (χ4v) is 1.42. The first kappa shape index (κ1) is 11.8. The molecule has 0 aliphatic rings. The largest absolute Gasteiger partial charge is 0.500 e. The Morgan fingerprint density at radius 3 is 2.25 bits per heavy atom. The lowest BCUT2D eigenvalue weighted by Gasteiger charge is -2.06. The summed E-state index contributed by atoms with van der Waals surface area (Å²) in [6.45, 7) is 1.93. The second-order valence-electron chi connectivity index (χ2n) is 3.16. The summed E-state index contributed by atoms with van der Waals surface area (Å²) in [6, 6.07) is 11.1. The monoisotopic (exact) mass is 212 g/mol. The van der Waals surface area contributed by atoms with E-state index in [4.69, 9.17) is 15.3 Å². The van der Waals surface area contributed by atoms with Crippen molar-refractivity contribution in [2.24, 2.45) is 0 Å². The Kier molecular flexibility index (Phi) is 4.12. The van der Waals surface area contributed by atoms with E-state index in [1.54, 1.807) is 31.4 Å². The molecule has 0 N–H and O–H groups in total. The molecule has 0 fully saturated rings. The molecular weight excluding hydrogens is 200 g/mol. The molecule has 1 aromatic carbocycles. The van der Waals surface area contributed by atoms with Crippen LogP contribution in [0.1, 0.15) is 24.5 Å². The Balaban J connectivity index is 3.21. The maximum atomic E-state index is 9.09. The Bertz CT molecular complexity index is 466. The van der Waals surface area contributed by atoms with Crippen molar-refractivity contribution in [3.8, 4) is 12.1 Å². The van der Waals surface area contributed by atoms with Crippen LogP contribution in [0.2, 0.25) is 0 Å². The van der Waals surface area contributed by atoms with Crippen LogP contribution in [-0.2, 0) is 4.74 Å². The molecule has 1 aromatic rings. The number of nitriles is 2. The van der Waals surface area contributed by atoms with Crippen LogP contribution in [0.15, 0.2) is 30.0 Å². The number of hydrogen-bond donors (Lipinski definition) is 0. The van der Waals surface area contributed by atoms with E-state index in [0.29, 0.717) is 23.3 Å². The number of hydrogen-bond acceptors (Lipinski definition) is 3. The molecule has 1 rings (SSSR count). The minimum absolute atomic E-state index is 0.523. The molecule has 0 unspecified atom stereocenters. The molecule has 0 aliphatic heterocycles. The van der Waals surface area contributed by atoms with Crippen LogP contribution in [0.25, 0.3) is 5.57 Å². The first-order valence-electron chi connectivity index (χ1n) is 4.94. The Labute approximate surface area is 95.2 Å². The van der Waals surface area contributed by atoms with E-state index in [-0.39, 0.29) is 0 Å². The van der Waals surface area contributed by atoms with E-state index >= 15 is 0 Å². The average molecular weight is 212 g/mol. The van der Waals surface area contributed by atoms with Gasteiger partial charge in [0.1, 0.15) is 11.8 Å². The maximum Gasteiger partial charge on any atom is 0.114 e. The van der Waals surface area contributed by atoms with Gasteiger partial charge in [0.2, 0.25) is 0 Å². The molecular formula is C13H12N2O. The van der Waals surface area contributed by atoms with E-state index < -0.39 is 0 Å². The molecule has 0 saturated heterocycles. The Morgan fingerprint density at radius 2 is 1.88 bits per heavy atom. The third-order valence-corrected chi connectivity index (χ3v) is 2.26. The van der Waals surface area contributed by atoms with Crippen LogP contribution in [-0.4, -0.2) is 7.11 Å². The topological polar surface area (TPSA) is 56.8 Å². The van der Waals surface area contributed by atoms with Gasteiger partial charge in [-0.15, -0.1) is 0 Å². The number of allylic oxidation sites excluding steroid dienone is 2. The van der Waals surface area contributed by atoms with Crippen molar-refractivity contribution >= 4 is 5.57 Å². The molecule has 0 saturated carbocycles. The van der Waals surface area contributed by atoms with Gasteiger partial charge in [-0.1, -0.05) is 19.1 Å². The summed E-state index contributed by atoms with van der Waals surface area (Å²) in [7, 11) is 1.56. The highest BCUT2D eigenvalue weighted by Crippen LogP contribution is 2.21. The van der Waals surface area contributed by atoms with Gasteiger partial charge in [0.05, 0.1) is 24.3 Å². The van der Waals surface area contributed by atoms with Gasteiger partial charge in [-0.2, -0.15) is 10.5 Å². The van der Waals surface area contributed by atoms with Gasteiger partial charge >= 0.3 is 0 Å². The van der Waals surface area contributed by atoms with Gasteiger partial charge in [0, 0.05) is 6.42 Å². The van der Waals surface area contributed by atoms with Crippen LogP contribution < -0.4 is 0 Å². The molecule has 0 amide bonds. The molecule has 0 radical (unpaired) electrons. The van der Waals surface area contributed by atoms with Gasteiger partial charge in [-0.05, 0) is 17.7 Å². The first-order chi connectivity index (χ1) is 7.76. The van der Waals surface area contributed by atoms with Crippen molar-refractivity contribution in [3.63, 3.8) is 0 Å². The van der Waals surface area contributed by atoms with E-state index in [1.165, 1.54) is 0 Å². The minimum Gasteiger partial charge on any atom is -0.500 e. The highest BCUT2D eigenvalue weighted by Gasteiger charge is 2.07. The van der Waals surface area contributed by atoms with Crippen molar-refractivity contribution in [1.82, 2.24) is 0 Å². The predicted octanol–water partition coefficient (Wildman–Crippen LogP) is 2.85. The minimum atomic E-state index is 0.523. The average Bonchev–Trinajstić information content (AvgIpc) is 2.36. The Morgan fingerprint density at radius 1 is 1.25 bits per heavy atom. The fourth-order valence-electron chi connectivity index (χ4n) is 1.42. The number of benzene rings is 1. The number of methoxy groups -OCH3 is 1. The third kappa shape index (κ3) is 2.40. The zero-order valence-electron chi connectivity index (χ0n) is 9.32. The van der Waals surface area contributed by atoms with Crippen LogP contribution >= 0.6 is 0 Å². The highest BCUT2D eigenvalue weighted by molar-refractivity contribution is 5.78. The van der Waals surface area contributed by atoms with Gasteiger partial charge < -0.3 is 4.74 Å². The lowest BCUT2D eigenvalue weighted by atomic mass is 10.0. The van der Waals surface area contributed by atoms with Crippen molar-refractivity contribution in [1.29, 1.82) is 10.5 Å². The lowest BCUT2D eigenvalue weighted by Crippen LogP contribution is -1.92. The Hall–Kier alpha value is -2.26. The molecule has 0 heterocycles. The van der Waals surface area contributed by atoms with Crippen molar-refractivity contribution in [2.75, 3.05) is 7.11 Å². The van der Waals surface area contributed by atoms with Gasteiger partial charge in [-0.25, -0.2) is 0 Å². The van der Waals surface area contributed by atoms with Crippen LogP contribution in [0.5, 0.6) is 0 Å². The third-order valence-electron chi connectivity index (χ3n) is 2.26. The first-order valence-corrected chi connectivity index (χ1v) is 4.94. The van der Waals surface area contributed by atoms with Crippen molar-refractivity contribution in [3.05, 3.63) is 41.2 Å². The zero-order valence-corrected chi connectivity index (χ0v) is 9.32. The highest BCUT2D eigenvalue weighted by atomic mass is 16.5. The van der Waals surface area contributed by atoms with E-state index in [2.05, 4.69) is 6.07 Å². The number of ether oxygens (including phenoxy) is 1. The summed E-state index contributed by atoms with van der Waals surface area (Å²) in [6.07, 6.45) is 0.666. The molecule has 0 aliphatic carbocycles. The lowest BCUT2D eigenvalue weighted by molar-refractivity contribution is 0.283. The molecule has 16 heavy (non-hydrogen) atoms. The van der Waals surface area contributed by atoms with Crippen LogP contribution in [0.3, 0.4) is 0 Å². The summed E-state index contributed by atoms with van der Waals surface area (Å²) in [4.78, 5) is 0. The van der Waals surface area contributed by atoms with Gasteiger partial charge in [-0.3, -0.25) is 0 Å². The van der Waals surface area contributed by atoms with Crippen molar-refractivity contribution in [2.45, 2.75) is 13.3 Å². The van der Waals surface area contributed by atoms with Crippen molar-refractivity contribution < 1.29 is 4.74 Å². The molecule has 0 atom stereocenters. The number of rotatable bonds is 3. The van der Waals surface area contributed by atoms with E-state index in [1.807, 2.05) is 13.0 Å². The zero-order chi connectivity index (χ0) is 12.0.